The van der Waals surface area contributed by atoms with E-state index in [0.29, 0.717) is 18.5 Å². The summed E-state index contributed by atoms with van der Waals surface area (Å²) in [4.78, 5) is 0. The Morgan fingerprint density at radius 2 is 1.94 bits per heavy atom. The number of methoxy groups -OCH3 is 1. The van der Waals surface area contributed by atoms with Gasteiger partial charge in [0.25, 0.3) is 0 Å². The summed E-state index contributed by atoms with van der Waals surface area (Å²) in [7, 11) is 1.17. The van der Waals surface area contributed by atoms with Crippen LogP contribution in [0, 0.1) is 0 Å². The minimum absolute atomic E-state index is 0.0185. The minimum atomic E-state index is -4.47. The van der Waals surface area contributed by atoms with Crippen molar-refractivity contribution in [2.24, 2.45) is 5.73 Å². The molecule has 0 fully saturated rings. The lowest BCUT2D eigenvalue weighted by Crippen LogP contribution is -2.09. The van der Waals surface area contributed by atoms with Crippen molar-refractivity contribution in [3.63, 3.8) is 0 Å². The predicted octanol–water partition coefficient (Wildman–Crippen LogP) is 3.65. The molecule has 1 rings (SSSR count). The van der Waals surface area contributed by atoms with Gasteiger partial charge in [-0.2, -0.15) is 13.2 Å². The lowest BCUT2D eigenvalue weighted by molar-refractivity contribution is -0.138. The van der Waals surface area contributed by atoms with Crippen molar-refractivity contribution in [2.75, 3.05) is 13.7 Å². The largest absolute Gasteiger partial charge is 0.495 e. The Hall–Kier alpha value is -0.940. The van der Waals surface area contributed by atoms with Crippen molar-refractivity contribution >= 4 is 11.6 Å². The van der Waals surface area contributed by atoms with Gasteiger partial charge in [0.1, 0.15) is 5.75 Å². The van der Waals surface area contributed by atoms with E-state index in [2.05, 4.69) is 0 Å². The number of hydrogen-bond donors (Lipinski definition) is 1. The van der Waals surface area contributed by atoms with Crippen LogP contribution >= 0.6 is 11.6 Å². The van der Waals surface area contributed by atoms with Crippen LogP contribution < -0.4 is 10.5 Å². The third kappa shape index (κ3) is 3.78. The van der Waals surface area contributed by atoms with Crippen LogP contribution in [-0.2, 0) is 12.6 Å². The Labute approximate surface area is 109 Å². The molecule has 0 aromatic heterocycles. The van der Waals surface area contributed by atoms with Gasteiger partial charge in [-0.3, -0.25) is 0 Å². The Morgan fingerprint density at radius 1 is 1.28 bits per heavy atom. The molecular weight excluding hydrogens is 267 g/mol. The summed E-state index contributed by atoms with van der Waals surface area (Å²) in [6.45, 7) is 0.524. The average Bonchev–Trinajstić information content (AvgIpc) is 2.27. The molecule has 0 atom stereocenters. The average molecular weight is 282 g/mol. The second-order valence-corrected chi connectivity index (χ2v) is 4.31. The van der Waals surface area contributed by atoms with Gasteiger partial charge < -0.3 is 10.5 Å². The number of rotatable bonds is 5. The third-order valence-corrected chi connectivity index (χ3v) is 2.81. The summed E-state index contributed by atoms with van der Waals surface area (Å²) in [5, 5.41) is -0.0185. The van der Waals surface area contributed by atoms with E-state index in [9.17, 15) is 13.2 Å². The quantitative estimate of drug-likeness (QED) is 0.836. The number of halogens is 4. The predicted molar refractivity (Wildman–Crippen MR) is 65.0 cm³/mol. The monoisotopic (exact) mass is 281 g/mol. The fraction of sp³-hybridized carbons (Fsp3) is 0.500. The number of alkyl halides is 3. The number of aryl methyl sites for hydroxylation is 1. The third-order valence-electron chi connectivity index (χ3n) is 2.53. The molecule has 0 aliphatic heterocycles. The van der Waals surface area contributed by atoms with Crippen molar-refractivity contribution < 1.29 is 17.9 Å². The van der Waals surface area contributed by atoms with E-state index < -0.39 is 11.7 Å². The zero-order chi connectivity index (χ0) is 13.8. The summed E-state index contributed by atoms with van der Waals surface area (Å²) in [5.41, 5.74) is 5.05. The number of unbranched alkanes of at least 4 members (excludes halogenated alkanes) is 1. The molecule has 0 aliphatic rings. The van der Waals surface area contributed by atoms with E-state index in [1.54, 1.807) is 0 Å². The van der Waals surface area contributed by atoms with Crippen LogP contribution in [0.4, 0.5) is 13.2 Å². The standard InChI is InChI=1S/C12H15ClF3NO/c1-18-11-9(12(14,15)16)6-8(7-10(11)13)4-2-3-5-17/h6-7H,2-5,17H2,1H3. The Morgan fingerprint density at radius 3 is 2.44 bits per heavy atom. The molecule has 0 aliphatic carbocycles. The molecule has 2 nitrogen and oxygen atoms in total. The maximum atomic E-state index is 12.8. The second kappa shape index (κ2) is 6.29. The molecule has 2 N–H and O–H groups in total. The second-order valence-electron chi connectivity index (χ2n) is 3.90. The van der Waals surface area contributed by atoms with Gasteiger partial charge >= 0.3 is 6.18 Å². The van der Waals surface area contributed by atoms with Gasteiger partial charge in [-0.15, -0.1) is 0 Å². The van der Waals surface area contributed by atoms with Crippen molar-refractivity contribution in [3.05, 3.63) is 28.3 Å². The Balaban J connectivity index is 3.06. The number of hydrogen-bond acceptors (Lipinski definition) is 2. The van der Waals surface area contributed by atoms with Crippen molar-refractivity contribution in [1.29, 1.82) is 0 Å². The Bertz CT molecular complexity index is 407. The topological polar surface area (TPSA) is 35.2 Å². The van der Waals surface area contributed by atoms with Crippen molar-refractivity contribution in [1.82, 2.24) is 0 Å². The molecule has 0 spiro atoms. The lowest BCUT2D eigenvalue weighted by Gasteiger charge is -2.15. The molecule has 102 valence electrons. The van der Waals surface area contributed by atoms with E-state index in [-0.39, 0.29) is 10.8 Å². The molecule has 0 bridgehead atoms. The van der Waals surface area contributed by atoms with Crippen LogP contribution in [0.3, 0.4) is 0 Å². The van der Waals surface area contributed by atoms with E-state index >= 15 is 0 Å². The normalized spacial score (nSPS) is 11.7. The Kier molecular flexibility index (Phi) is 5.28. The van der Waals surface area contributed by atoms with Gasteiger partial charge in [0.05, 0.1) is 17.7 Å². The van der Waals surface area contributed by atoms with Gasteiger partial charge in [-0.05, 0) is 43.5 Å². The van der Waals surface area contributed by atoms with Gasteiger partial charge in [0.2, 0.25) is 0 Å². The molecule has 1 aromatic carbocycles. The fourth-order valence-corrected chi connectivity index (χ4v) is 2.00. The van der Waals surface area contributed by atoms with E-state index in [1.165, 1.54) is 13.2 Å². The first kappa shape index (κ1) is 15.1. The molecule has 0 amide bonds. The summed E-state index contributed by atoms with van der Waals surface area (Å²) >= 11 is 5.80. The number of benzene rings is 1. The first-order chi connectivity index (χ1) is 8.40. The van der Waals surface area contributed by atoms with Gasteiger partial charge in [0, 0.05) is 0 Å². The van der Waals surface area contributed by atoms with Crippen LogP contribution in [0.15, 0.2) is 12.1 Å². The van der Waals surface area contributed by atoms with Gasteiger partial charge in [-0.25, -0.2) is 0 Å². The van der Waals surface area contributed by atoms with Crippen LogP contribution in [0.25, 0.3) is 0 Å². The highest BCUT2D eigenvalue weighted by molar-refractivity contribution is 6.32. The van der Waals surface area contributed by atoms with Crippen LogP contribution in [0.2, 0.25) is 5.02 Å². The summed E-state index contributed by atoms with van der Waals surface area (Å²) in [5.74, 6) is -0.327. The minimum Gasteiger partial charge on any atom is -0.495 e. The maximum Gasteiger partial charge on any atom is 0.420 e. The molecule has 18 heavy (non-hydrogen) atoms. The highest BCUT2D eigenvalue weighted by Crippen LogP contribution is 2.41. The smallest absolute Gasteiger partial charge is 0.420 e. The van der Waals surface area contributed by atoms with Gasteiger partial charge in [-0.1, -0.05) is 11.6 Å². The van der Waals surface area contributed by atoms with Gasteiger partial charge in [0.15, 0.2) is 0 Å². The molecule has 0 unspecified atom stereocenters. The lowest BCUT2D eigenvalue weighted by atomic mass is 10.0. The van der Waals surface area contributed by atoms with E-state index in [4.69, 9.17) is 22.1 Å². The summed E-state index contributed by atoms with van der Waals surface area (Å²) in [6.07, 6.45) is -2.45. The first-order valence-electron chi connectivity index (χ1n) is 5.53. The van der Waals surface area contributed by atoms with Crippen LogP contribution in [0.1, 0.15) is 24.0 Å². The molecule has 0 saturated carbocycles. The number of ether oxygens (including phenoxy) is 1. The van der Waals surface area contributed by atoms with E-state index in [1.807, 2.05) is 0 Å². The van der Waals surface area contributed by atoms with E-state index in [0.717, 1.165) is 18.9 Å². The number of nitrogens with two attached hydrogens (primary N) is 1. The van der Waals surface area contributed by atoms with Crippen molar-refractivity contribution in [2.45, 2.75) is 25.4 Å². The van der Waals surface area contributed by atoms with Crippen molar-refractivity contribution in [3.8, 4) is 5.75 Å². The molecule has 1 aromatic rings. The van der Waals surface area contributed by atoms with Crippen LogP contribution in [0.5, 0.6) is 5.75 Å². The molecular formula is C12H15ClF3NO. The van der Waals surface area contributed by atoms with Crippen LogP contribution in [-0.4, -0.2) is 13.7 Å². The SMILES string of the molecule is COc1c(Cl)cc(CCCCN)cc1C(F)(F)F. The zero-order valence-electron chi connectivity index (χ0n) is 9.98. The summed E-state index contributed by atoms with van der Waals surface area (Å²) < 4.78 is 43.2. The maximum absolute atomic E-state index is 12.8. The molecule has 0 radical (unpaired) electrons. The summed E-state index contributed by atoms with van der Waals surface area (Å²) in [6, 6.07) is 2.59. The first-order valence-corrected chi connectivity index (χ1v) is 5.91. The fourth-order valence-electron chi connectivity index (χ4n) is 1.69. The molecule has 0 heterocycles. The molecule has 0 saturated heterocycles. The highest BCUT2D eigenvalue weighted by atomic mass is 35.5. The highest BCUT2D eigenvalue weighted by Gasteiger charge is 2.35. The zero-order valence-corrected chi connectivity index (χ0v) is 10.7. The molecule has 6 heteroatoms.